The van der Waals surface area contributed by atoms with Gasteiger partial charge in [-0.1, -0.05) is 13.3 Å². The molecule has 1 aliphatic rings. The number of H-pyrrole nitrogens is 1. The zero-order chi connectivity index (χ0) is 22.2. The molecule has 2 amide bonds. The summed E-state index contributed by atoms with van der Waals surface area (Å²) in [5.41, 5.74) is 2.45. The molecule has 1 aliphatic carbocycles. The van der Waals surface area contributed by atoms with Crippen molar-refractivity contribution in [2.24, 2.45) is 5.92 Å². The van der Waals surface area contributed by atoms with Crippen LogP contribution in [0.5, 0.6) is 0 Å². The number of furan rings is 1. The lowest BCUT2D eigenvalue weighted by molar-refractivity contribution is -0.120. The molecule has 32 heavy (non-hydrogen) atoms. The van der Waals surface area contributed by atoms with Crippen molar-refractivity contribution in [2.45, 2.75) is 45.1 Å². The number of nitrogens with zero attached hydrogens (tertiary/aromatic N) is 4. The number of carbonyl (C=O) groups is 2. The molecule has 166 valence electrons. The van der Waals surface area contributed by atoms with E-state index >= 15 is 0 Å². The van der Waals surface area contributed by atoms with Crippen LogP contribution in [-0.4, -0.2) is 49.0 Å². The topological polar surface area (TPSA) is 130 Å². The number of hydrogen-bond acceptors (Lipinski definition) is 6. The van der Waals surface area contributed by atoms with Crippen LogP contribution >= 0.6 is 0 Å². The fourth-order valence-corrected chi connectivity index (χ4v) is 4.73. The Kier molecular flexibility index (Phi) is 5.12. The third kappa shape index (κ3) is 3.61. The highest BCUT2D eigenvalue weighted by Gasteiger charge is 2.37. The van der Waals surface area contributed by atoms with E-state index in [1.807, 2.05) is 12.3 Å². The van der Waals surface area contributed by atoms with Crippen molar-refractivity contribution >= 4 is 28.6 Å². The summed E-state index contributed by atoms with van der Waals surface area (Å²) in [6.45, 7) is 3.82. The predicted octanol–water partition coefficient (Wildman–Crippen LogP) is 2.33. The molecular weight excluding hydrogens is 410 g/mol. The minimum Gasteiger partial charge on any atom is -0.456 e. The molecule has 0 aromatic carbocycles. The molecule has 0 radical (unpaired) electrons. The van der Waals surface area contributed by atoms with Gasteiger partial charge >= 0.3 is 0 Å². The predicted molar refractivity (Wildman–Crippen MR) is 116 cm³/mol. The van der Waals surface area contributed by atoms with Gasteiger partial charge in [0.2, 0.25) is 5.91 Å². The van der Waals surface area contributed by atoms with Gasteiger partial charge in [0.15, 0.2) is 17.1 Å². The van der Waals surface area contributed by atoms with Crippen LogP contribution in [0.3, 0.4) is 0 Å². The summed E-state index contributed by atoms with van der Waals surface area (Å²) >= 11 is 0. The third-order valence-electron chi connectivity index (χ3n) is 6.26. The molecule has 0 unspecified atom stereocenters. The highest BCUT2D eigenvalue weighted by Crippen LogP contribution is 2.41. The normalized spacial score (nSPS) is 20.8. The molecule has 1 saturated carbocycles. The summed E-state index contributed by atoms with van der Waals surface area (Å²) < 4.78 is 7.35. The average molecular weight is 435 g/mol. The minimum absolute atomic E-state index is 0.0103. The Morgan fingerprint density at radius 2 is 2.12 bits per heavy atom. The van der Waals surface area contributed by atoms with Crippen molar-refractivity contribution in [1.82, 2.24) is 35.2 Å². The van der Waals surface area contributed by atoms with Crippen LogP contribution in [-0.2, 0) is 4.79 Å². The number of nitrogens with one attached hydrogen (secondary N) is 3. The number of fused-ring (bicyclic) bond motifs is 3. The fraction of sp³-hybridized carbons (Fsp3) is 0.409. The Hall–Kier alpha value is -3.69. The summed E-state index contributed by atoms with van der Waals surface area (Å²) in [4.78, 5) is 32.1. The Morgan fingerprint density at radius 3 is 2.91 bits per heavy atom. The Bertz CT molecular complexity index is 1290. The van der Waals surface area contributed by atoms with Crippen LogP contribution in [0.2, 0.25) is 0 Å². The largest absolute Gasteiger partial charge is 0.456 e. The van der Waals surface area contributed by atoms with Crippen molar-refractivity contribution in [1.29, 1.82) is 0 Å². The first-order chi connectivity index (χ1) is 15.5. The van der Waals surface area contributed by atoms with Crippen molar-refractivity contribution in [3.05, 3.63) is 47.9 Å². The van der Waals surface area contributed by atoms with E-state index in [0.29, 0.717) is 17.3 Å². The quantitative estimate of drug-likeness (QED) is 0.426. The van der Waals surface area contributed by atoms with Crippen LogP contribution in [0, 0.1) is 12.8 Å². The van der Waals surface area contributed by atoms with Gasteiger partial charge in [0.05, 0.1) is 18.3 Å². The lowest BCUT2D eigenvalue weighted by atomic mass is 9.93. The molecule has 10 heteroatoms. The molecule has 3 atom stereocenters. The number of aromatic amines is 1. The smallest absolute Gasteiger partial charge is 0.287 e. The molecule has 0 bridgehead atoms. The standard InChI is InChI=1S/C22H25N7O3/c1-3-13-8-14(26-19(30)11-25-22(31)17-5-4-12(2)32-17)9-15(13)21-28-27-18-10-24-20-16(29(18)21)6-7-23-20/h4-7,10,13-15,23H,3,8-9,11H2,1-2H3,(H,25,31)(H,26,30)/t13-,14+,15+/m1/s1. The van der Waals surface area contributed by atoms with E-state index in [2.05, 4.69) is 42.1 Å². The Labute approximate surface area is 183 Å². The Balaban J connectivity index is 1.27. The van der Waals surface area contributed by atoms with E-state index in [9.17, 15) is 9.59 Å². The molecule has 0 aliphatic heterocycles. The monoisotopic (exact) mass is 435 g/mol. The highest BCUT2D eigenvalue weighted by atomic mass is 16.3. The average Bonchev–Trinajstić information content (AvgIpc) is 3.56. The van der Waals surface area contributed by atoms with E-state index < -0.39 is 5.91 Å². The molecule has 3 N–H and O–H groups in total. The van der Waals surface area contributed by atoms with Gasteiger partial charge in [-0.05, 0) is 43.9 Å². The molecule has 4 heterocycles. The van der Waals surface area contributed by atoms with Gasteiger partial charge in [-0.3, -0.25) is 14.0 Å². The van der Waals surface area contributed by atoms with Crippen molar-refractivity contribution in [3.63, 3.8) is 0 Å². The maximum absolute atomic E-state index is 12.5. The van der Waals surface area contributed by atoms with Gasteiger partial charge in [-0.25, -0.2) is 4.98 Å². The van der Waals surface area contributed by atoms with Gasteiger partial charge < -0.3 is 20.0 Å². The zero-order valence-electron chi connectivity index (χ0n) is 18.0. The Morgan fingerprint density at radius 1 is 1.25 bits per heavy atom. The lowest BCUT2D eigenvalue weighted by Gasteiger charge is -2.15. The maximum Gasteiger partial charge on any atom is 0.287 e. The second-order valence-electron chi connectivity index (χ2n) is 8.33. The zero-order valence-corrected chi connectivity index (χ0v) is 18.0. The molecular formula is C22H25N7O3. The first-order valence-electron chi connectivity index (χ1n) is 10.8. The number of rotatable bonds is 6. The molecule has 1 fully saturated rings. The van der Waals surface area contributed by atoms with Crippen molar-refractivity contribution in [2.75, 3.05) is 6.54 Å². The first-order valence-corrected chi connectivity index (χ1v) is 10.8. The molecule has 10 nitrogen and oxygen atoms in total. The van der Waals surface area contributed by atoms with E-state index in [-0.39, 0.29) is 30.2 Å². The van der Waals surface area contributed by atoms with E-state index in [0.717, 1.165) is 36.3 Å². The summed E-state index contributed by atoms with van der Waals surface area (Å²) in [7, 11) is 0. The lowest BCUT2D eigenvalue weighted by Crippen LogP contribution is -2.41. The summed E-state index contributed by atoms with van der Waals surface area (Å²) in [6, 6.07) is 5.29. The van der Waals surface area contributed by atoms with Crippen LogP contribution < -0.4 is 10.6 Å². The van der Waals surface area contributed by atoms with E-state index in [4.69, 9.17) is 4.42 Å². The summed E-state index contributed by atoms with van der Waals surface area (Å²) in [5.74, 6) is 1.67. The maximum atomic E-state index is 12.5. The third-order valence-corrected chi connectivity index (χ3v) is 6.26. The molecule has 4 aromatic rings. The highest BCUT2D eigenvalue weighted by molar-refractivity contribution is 5.94. The number of aromatic nitrogens is 5. The number of carbonyl (C=O) groups excluding carboxylic acids is 2. The number of amides is 2. The molecule has 0 spiro atoms. The molecule has 0 saturated heterocycles. The molecule has 5 rings (SSSR count). The van der Waals surface area contributed by atoms with Gasteiger partial charge in [-0.2, -0.15) is 0 Å². The van der Waals surface area contributed by atoms with E-state index in [1.165, 1.54) is 0 Å². The van der Waals surface area contributed by atoms with Crippen LogP contribution in [0.4, 0.5) is 0 Å². The molecule has 4 aromatic heterocycles. The summed E-state index contributed by atoms with van der Waals surface area (Å²) in [6.07, 6.45) is 6.17. The summed E-state index contributed by atoms with van der Waals surface area (Å²) in [5, 5.41) is 14.5. The van der Waals surface area contributed by atoms with Crippen LogP contribution in [0.1, 0.15) is 54.2 Å². The van der Waals surface area contributed by atoms with Crippen LogP contribution in [0.15, 0.2) is 35.0 Å². The number of aryl methyl sites for hydroxylation is 1. The number of hydrogen-bond donors (Lipinski definition) is 3. The van der Waals surface area contributed by atoms with Gasteiger partial charge in [0, 0.05) is 18.2 Å². The van der Waals surface area contributed by atoms with Crippen LogP contribution in [0.25, 0.3) is 16.8 Å². The van der Waals surface area contributed by atoms with E-state index in [1.54, 1.807) is 25.3 Å². The second kappa shape index (κ2) is 8.10. The first kappa shape index (κ1) is 20.2. The van der Waals surface area contributed by atoms with Gasteiger partial charge in [0.1, 0.15) is 11.6 Å². The SMILES string of the molecule is CC[C@@H]1C[C@H](NC(=O)CNC(=O)c2ccc(C)o2)C[C@@H]1c1nnc2cnc3[nH]ccc3n12. The van der Waals surface area contributed by atoms with Gasteiger partial charge in [0.25, 0.3) is 5.91 Å². The second-order valence-corrected chi connectivity index (χ2v) is 8.33. The fourth-order valence-electron chi connectivity index (χ4n) is 4.73. The minimum atomic E-state index is -0.400. The van der Waals surface area contributed by atoms with Gasteiger partial charge in [-0.15, -0.1) is 10.2 Å². The van der Waals surface area contributed by atoms with Crippen molar-refractivity contribution in [3.8, 4) is 0 Å². The van der Waals surface area contributed by atoms with Crippen molar-refractivity contribution < 1.29 is 14.0 Å².